The number of benzene rings is 2. The zero-order valence-electron chi connectivity index (χ0n) is 19.8. The number of carbonyl (C=O) groups excluding carboxylic acids is 2. The average Bonchev–Trinajstić information content (AvgIpc) is 3.18. The van der Waals surface area contributed by atoms with E-state index in [1.807, 2.05) is 24.3 Å². The summed E-state index contributed by atoms with van der Waals surface area (Å²) in [5.74, 6) is -2.16. The van der Waals surface area contributed by atoms with Gasteiger partial charge in [0.25, 0.3) is 0 Å². The molecular weight excluding hydrogens is 448 g/mol. The second-order valence-electron chi connectivity index (χ2n) is 9.65. The molecule has 8 nitrogen and oxygen atoms in total. The molecule has 2 aliphatic carbocycles. The third-order valence-corrected chi connectivity index (χ3v) is 7.17. The molecule has 2 amide bonds. The van der Waals surface area contributed by atoms with Crippen molar-refractivity contribution < 1.29 is 29.3 Å². The normalized spacial score (nSPS) is 20.7. The third-order valence-electron chi connectivity index (χ3n) is 7.17. The Morgan fingerprint density at radius 3 is 2.20 bits per heavy atom. The number of rotatable bonds is 8. The molecule has 1 saturated carbocycles. The number of hydrogen-bond acceptors (Lipinski definition) is 5. The van der Waals surface area contributed by atoms with Crippen molar-refractivity contribution in [3.63, 3.8) is 0 Å². The van der Waals surface area contributed by atoms with Gasteiger partial charge in [-0.3, -0.25) is 4.79 Å². The first-order valence-electron chi connectivity index (χ1n) is 12.1. The van der Waals surface area contributed by atoms with Gasteiger partial charge in [0, 0.05) is 18.4 Å². The number of aliphatic hydroxyl groups is 1. The number of hydrogen-bond donors (Lipinski definition) is 4. The predicted molar refractivity (Wildman–Crippen MR) is 130 cm³/mol. The van der Waals surface area contributed by atoms with Gasteiger partial charge in [0.1, 0.15) is 6.61 Å². The zero-order valence-corrected chi connectivity index (χ0v) is 19.8. The fraction of sp³-hybridized carbons (Fsp3) is 0.444. The zero-order chi connectivity index (χ0) is 25.0. The first-order chi connectivity index (χ1) is 16.8. The fourth-order valence-corrected chi connectivity index (χ4v) is 5.13. The van der Waals surface area contributed by atoms with E-state index in [0.717, 1.165) is 48.4 Å². The molecule has 8 heteroatoms. The molecule has 0 saturated heterocycles. The molecule has 0 radical (unpaired) electrons. The van der Waals surface area contributed by atoms with Crippen LogP contribution in [0.25, 0.3) is 11.1 Å². The van der Waals surface area contributed by atoms with Crippen LogP contribution in [0.2, 0.25) is 0 Å². The van der Waals surface area contributed by atoms with E-state index >= 15 is 0 Å². The minimum Gasteiger partial charge on any atom is -0.479 e. The van der Waals surface area contributed by atoms with E-state index in [2.05, 4.69) is 34.9 Å². The summed E-state index contributed by atoms with van der Waals surface area (Å²) in [4.78, 5) is 36.3. The third kappa shape index (κ3) is 5.48. The van der Waals surface area contributed by atoms with Gasteiger partial charge in [-0.25, -0.2) is 9.59 Å². The molecule has 0 aliphatic heterocycles. The smallest absolute Gasteiger partial charge is 0.407 e. The van der Waals surface area contributed by atoms with Gasteiger partial charge >= 0.3 is 12.1 Å². The van der Waals surface area contributed by atoms with Crippen molar-refractivity contribution in [1.82, 2.24) is 10.6 Å². The number of amides is 2. The van der Waals surface area contributed by atoms with Crippen molar-refractivity contribution in [3.05, 3.63) is 59.7 Å². The average molecular weight is 481 g/mol. The molecular formula is C27H32N2O6. The lowest BCUT2D eigenvalue weighted by Gasteiger charge is -2.31. The minimum atomic E-state index is -2.03. The Balaban J connectivity index is 1.31. The van der Waals surface area contributed by atoms with Crippen LogP contribution in [0, 0.1) is 11.8 Å². The van der Waals surface area contributed by atoms with Gasteiger partial charge in [-0.05, 0) is 47.9 Å². The number of nitrogens with one attached hydrogen (secondary N) is 2. The Kier molecular flexibility index (Phi) is 7.40. The van der Waals surface area contributed by atoms with E-state index in [1.54, 1.807) is 0 Å². The molecule has 0 spiro atoms. The molecule has 2 aromatic rings. The van der Waals surface area contributed by atoms with Crippen molar-refractivity contribution in [2.24, 2.45) is 11.8 Å². The molecule has 4 rings (SSSR count). The van der Waals surface area contributed by atoms with Crippen LogP contribution in [0.1, 0.15) is 49.7 Å². The number of ether oxygens (including phenoxy) is 1. The number of fused-ring (bicyclic) bond motifs is 3. The van der Waals surface area contributed by atoms with Gasteiger partial charge in [-0.2, -0.15) is 0 Å². The SMILES string of the molecule is CC(O)(CNC(=O)[C@H]1CCCC[C@H]1CNC(=O)OCC1c2ccccc2-c2ccccc21)C(=O)O. The van der Waals surface area contributed by atoms with Gasteiger partial charge in [0.15, 0.2) is 5.60 Å². The molecule has 186 valence electrons. The maximum Gasteiger partial charge on any atom is 0.407 e. The highest BCUT2D eigenvalue weighted by Gasteiger charge is 2.35. The van der Waals surface area contributed by atoms with Crippen LogP contribution in [-0.4, -0.2) is 53.5 Å². The topological polar surface area (TPSA) is 125 Å². The highest BCUT2D eigenvalue weighted by molar-refractivity contribution is 5.82. The van der Waals surface area contributed by atoms with E-state index < -0.39 is 17.7 Å². The van der Waals surface area contributed by atoms with Crippen LogP contribution in [0.5, 0.6) is 0 Å². The first-order valence-corrected chi connectivity index (χ1v) is 12.1. The van der Waals surface area contributed by atoms with Crippen molar-refractivity contribution in [2.75, 3.05) is 19.7 Å². The lowest BCUT2D eigenvalue weighted by Crippen LogP contribution is -2.49. The van der Waals surface area contributed by atoms with Gasteiger partial charge in [-0.15, -0.1) is 0 Å². The van der Waals surface area contributed by atoms with Crippen molar-refractivity contribution in [2.45, 2.75) is 44.1 Å². The second-order valence-corrected chi connectivity index (χ2v) is 9.65. The molecule has 1 unspecified atom stereocenters. The van der Waals surface area contributed by atoms with E-state index in [4.69, 9.17) is 9.84 Å². The summed E-state index contributed by atoms with van der Waals surface area (Å²) in [5.41, 5.74) is 2.58. The van der Waals surface area contributed by atoms with Gasteiger partial charge in [0.05, 0.1) is 6.54 Å². The van der Waals surface area contributed by atoms with Gasteiger partial charge in [-0.1, -0.05) is 61.4 Å². The summed E-state index contributed by atoms with van der Waals surface area (Å²) in [5, 5.41) is 24.3. The van der Waals surface area contributed by atoms with E-state index in [0.29, 0.717) is 13.0 Å². The van der Waals surface area contributed by atoms with E-state index in [-0.39, 0.29) is 36.8 Å². The van der Waals surface area contributed by atoms with Crippen molar-refractivity contribution >= 4 is 18.0 Å². The summed E-state index contributed by atoms with van der Waals surface area (Å²) in [6.45, 7) is 1.29. The Hall–Kier alpha value is -3.39. The molecule has 2 aromatic carbocycles. The highest BCUT2D eigenvalue weighted by Crippen LogP contribution is 2.44. The van der Waals surface area contributed by atoms with Gasteiger partial charge in [0.2, 0.25) is 5.91 Å². The van der Waals surface area contributed by atoms with Crippen LogP contribution >= 0.6 is 0 Å². The molecule has 0 heterocycles. The highest BCUT2D eigenvalue weighted by atomic mass is 16.5. The van der Waals surface area contributed by atoms with E-state index in [9.17, 15) is 19.5 Å². The summed E-state index contributed by atoms with van der Waals surface area (Å²) in [7, 11) is 0. The predicted octanol–water partition coefficient (Wildman–Crippen LogP) is 3.28. The molecule has 2 aliphatic rings. The standard InChI is InChI=1S/C27H32N2O6/c1-27(34,25(31)32)16-29-24(30)18-9-3-2-8-17(18)14-28-26(33)35-15-23-21-12-6-4-10-19(21)20-11-5-7-13-22(20)23/h4-7,10-13,17-18,23,34H,2-3,8-9,14-16H2,1H3,(H,28,33)(H,29,30)(H,31,32)/t17-,18-,27?/m0/s1. The van der Waals surface area contributed by atoms with Crippen LogP contribution in [0.3, 0.4) is 0 Å². The number of aliphatic carboxylic acids is 1. The molecule has 3 atom stereocenters. The molecule has 4 N–H and O–H groups in total. The molecule has 1 fully saturated rings. The Bertz CT molecular complexity index is 1050. The monoisotopic (exact) mass is 480 g/mol. The lowest BCUT2D eigenvalue weighted by atomic mass is 9.78. The van der Waals surface area contributed by atoms with Crippen LogP contribution in [-0.2, 0) is 14.3 Å². The summed E-state index contributed by atoms with van der Waals surface area (Å²) >= 11 is 0. The van der Waals surface area contributed by atoms with Crippen molar-refractivity contribution in [1.29, 1.82) is 0 Å². The molecule has 0 aromatic heterocycles. The molecule has 35 heavy (non-hydrogen) atoms. The van der Waals surface area contributed by atoms with Gasteiger partial charge < -0.3 is 25.6 Å². The largest absolute Gasteiger partial charge is 0.479 e. The quantitative estimate of drug-likeness (QED) is 0.460. The Morgan fingerprint density at radius 1 is 0.971 bits per heavy atom. The fourth-order valence-electron chi connectivity index (χ4n) is 5.13. The first kappa shape index (κ1) is 24.7. The Morgan fingerprint density at radius 2 is 1.57 bits per heavy atom. The van der Waals surface area contributed by atoms with Crippen LogP contribution < -0.4 is 10.6 Å². The maximum absolute atomic E-state index is 12.7. The number of alkyl carbamates (subject to hydrolysis) is 1. The number of carboxylic acids is 1. The summed E-state index contributed by atoms with van der Waals surface area (Å²) < 4.78 is 5.60. The second kappa shape index (κ2) is 10.5. The summed E-state index contributed by atoms with van der Waals surface area (Å²) in [6.07, 6.45) is 2.74. The van der Waals surface area contributed by atoms with Crippen LogP contribution in [0.15, 0.2) is 48.5 Å². The Labute approximate surface area is 204 Å². The maximum atomic E-state index is 12.7. The number of carboxylic acid groups (broad SMARTS) is 1. The number of carbonyl (C=O) groups is 3. The summed E-state index contributed by atoms with van der Waals surface area (Å²) in [6, 6.07) is 16.3. The minimum absolute atomic E-state index is 0.0246. The van der Waals surface area contributed by atoms with Crippen molar-refractivity contribution in [3.8, 4) is 11.1 Å². The van der Waals surface area contributed by atoms with Crippen LogP contribution in [0.4, 0.5) is 4.79 Å². The molecule has 0 bridgehead atoms. The van der Waals surface area contributed by atoms with E-state index in [1.165, 1.54) is 0 Å². The lowest BCUT2D eigenvalue weighted by molar-refractivity contribution is -0.156.